The molecule has 1 rings (SSSR count). The Labute approximate surface area is 64.6 Å². The smallest absolute Gasteiger partial charge is 0.176 e. The van der Waals surface area contributed by atoms with Crippen molar-refractivity contribution in [1.82, 2.24) is 0 Å². The van der Waals surface area contributed by atoms with Gasteiger partial charge >= 0.3 is 0 Å². The number of benzene rings is 1. The zero-order valence-electron chi connectivity index (χ0n) is 5.38. The topological polar surface area (TPSA) is 43.1 Å². The highest BCUT2D eigenvalue weighted by Crippen LogP contribution is 2.12. The van der Waals surface area contributed by atoms with Crippen LogP contribution in [0.2, 0.25) is 0 Å². The zero-order valence-corrected chi connectivity index (χ0v) is 6.20. The molecular weight excluding hydrogens is 172 g/mol. The molecule has 1 unspecified atom stereocenters. The second kappa shape index (κ2) is 3.06. The van der Waals surface area contributed by atoms with Crippen LogP contribution in [-0.4, -0.2) is 4.21 Å². The Morgan fingerprint density at radius 3 is 2.45 bits per heavy atom. The Morgan fingerprint density at radius 1 is 1.36 bits per heavy atom. The summed E-state index contributed by atoms with van der Waals surface area (Å²) in [6, 6.07) is 3.36. The molecule has 2 N–H and O–H groups in total. The molecule has 0 aliphatic rings. The predicted octanol–water partition coefficient (Wildman–Crippen LogP) is 0.946. The first-order valence-corrected chi connectivity index (χ1v) is 3.94. The standard InChI is InChI=1S/C6H5F2NOS/c7-4-2-1-3-5(6(4)8)11(9)10/h1-3H,9H2. The molecule has 0 heterocycles. The summed E-state index contributed by atoms with van der Waals surface area (Å²) in [7, 11) is -1.97. The lowest BCUT2D eigenvalue weighted by Crippen LogP contribution is -2.06. The minimum atomic E-state index is -1.97. The van der Waals surface area contributed by atoms with Crippen LogP contribution in [0.1, 0.15) is 0 Å². The first-order valence-electron chi connectivity index (χ1n) is 2.73. The average molecular weight is 177 g/mol. The third-order valence-corrected chi connectivity index (χ3v) is 1.88. The highest BCUT2D eigenvalue weighted by molar-refractivity contribution is 7.82. The number of halogens is 2. The van der Waals surface area contributed by atoms with Crippen molar-refractivity contribution >= 4 is 11.0 Å². The van der Waals surface area contributed by atoms with Crippen molar-refractivity contribution in [3.05, 3.63) is 29.8 Å². The van der Waals surface area contributed by atoms with Crippen LogP contribution in [0.25, 0.3) is 0 Å². The average Bonchev–Trinajstić information content (AvgIpc) is 1.94. The van der Waals surface area contributed by atoms with Crippen molar-refractivity contribution in [3.8, 4) is 0 Å². The highest BCUT2D eigenvalue weighted by Gasteiger charge is 2.09. The third kappa shape index (κ3) is 1.61. The van der Waals surface area contributed by atoms with Gasteiger partial charge in [-0.15, -0.1) is 0 Å². The minimum Gasteiger partial charge on any atom is -0.247 e. The zero-order chi connectivity index (χ0) is 8.43. The summed E-state index contributed by atoms with van der Waals surface area (Å²) >= 11 is 0. The van der Waals surface area contributed by atoms with Gasteiger partial charge in [0.2, 0.25) is 0 Å². The van der Waals surface area contributed by atoms with Gasteiger partial charge in [0.05, 0.1) is 4.90 Å². The van der Waals surface area contributed by atoms with Gasteiger partial charge in [-0.25, -0.2) is 18.1 Å². The van der Waals surface area contributed by atoms with Crippen LogP contribution in [-0.2, 0) is 11.0 Å². The fraction of sp³-hybridized carbons (Fsp3) is 0. The van der Waals surface area contributed by atoms with Crippen LogP contribution >= 0.6 is 0 Å². The van der Waals surface area contributed by atoms with Gasteiger partial charge in [0.15, 0.2) is 11.6 Å². The summed E-state index contributed by atoms with van der Waals surface area (Å²) in [6.45, 7) is 0. The van der Waals surface area contributed by atoms with E-state index >= 15 is 0 Å². The Balaban J connectivity index is 3.27. The summed E-state index contributed by atoms with van der Waals surface area (Å²) in [4.78, 5) is -0.315. The molecule has 0 amide bonds. The van der Waals surface area contributed by atoms with Crippen LogP contribution in [0.5, 0.6) is 0 Å². The Morgan fingerprint density at radius 2 is 2.00 bits per heavy atom. The van der Waals surface area contributed by atoms with Crippen LogP contribution in [0.15, 0.2) is 23.1 Å². The molecule has 0 bridgehead atoms. The molecule has 0 saturated heterocycles. The summed E-state index contributed by atoms with van der Waals surface area (Å²) in [5, 5.41) is 4.85. The molecule has 1 atom stereocenters. The van der Waals surface area contributed by atoms with Gasteiger partial charge in [-0.2, -0.15) is 0 Å². The first kappa shape index (κ1) is 8.29. The van der Waals surface area contributed by atoms with E-state index in [0.717, 1.165) is 6.07 Å². The third-order valence-electron chi connectivity index (χ3n) is 1.13. The molecule has 1 aromatic carbocycles. The van der Waals surface area contributed by atoms with E-state index in [1.54, 1.807) is 0 Å². The Bertz CT molecular complexity index is 303. The van der Waals surface area contributed by atoms with Crippen LogP contribution in [0.3, 0.4) is 0 Å². The van der Waals surface area contributed by atoms with Gasteiger partial charge in [0.1, 0.15) is 11.0 Å². The number of hydrogen-bond donors (Lipinski definition) is 1. The Hall–Kier alpha value is -0.810. The molecule has 0 radical (unpaired) electrons. The summed E-state index contributed by atoms with van der Waals surface area (Å²) in [5.74, 6) is -2.19. The predicted molar refractivity (Wildman–Crippen MR) is 37.0 cm³/mol. The van der Waals surface area contributed by atoms with Crippen molar-refractivity contribution in [3.63, 3.8) is 0 Å². The summed E-state index contributed by atoms with van der Waals surface area (Å²) in [5.41, 5.74) is 0. The number of nitrogens with two attached hydrogens (primary N) is 1. The lowest BCUT2D eigenvalue weighted by Gasteiger charge is -1.97. The van der Waals surface area contributed by atoms with Crippen LogP contribution < -0.4 is 5.14 Å². The molecular formula is C6H5F2NOS. The maximum Gasteiger partial charge on any atom is 0.176 e. The van der Waals surface area contributed by atoms with Gasteiger partial charge in [-0.1, -0.05) is 6.07 Å². The molecule has 11 heavy (non-hydrogen) atoms. The van der Waals surface area contributed by atoms with E-state index in [1.807, 2.05) is 0 Å². The molecule has 1 aromatic rings. The minimum absolute atomic E-state index is 0.315. The number of rotatable bonds is 1. The first-order chi connectivity index (χ1) is 5.13. The van der Waals surface area contributed by atoms with Crippen molar-refractivity contribution in [2.24, 2.45) is 5.14 Å². The van der Waals surface area contributed by atoms with Crippen LogP contribution in [0.4, 0.5) is 8.78 Å². The van der Waals surface area contributed by atoms with Crippen molar-refractivity contribution in [2.45, 2.75) is 4.90 Å². The van der Waals surface area contributed by atoms with Gasteiger partial charge < -0.3 is 0 Å². The molecule has 0 aliphatic carbocycles. The van der Waals surface area contributed by atoms with Gasteiger partial charge in [-0.05, 0) is 12.1 Å². The highest BCUT2D eigenvalue weighted by atomic mass is 32.2. The van der Waals surface area contributed by atoms with Crippen molar-refractivity contribution in [1.29, 1.82) is 0 Å². The monoisotopic (exact) mass is 177 g/mol. The summed E-state index contributed by atoms with van der Waals surface area (Å²) < 4.78 is 35.5. The maximum absolute atomic E-state index is 12.6. The fourth-order valence-electron chi connectivity index (χ4n) is 0.639. The Kier molecular flexibility index (Phi) is 2.31. The van der Waals surface area contributed by atoms with Crippen LogP contribution in [0, 0.1) is 11.6 Å². The molecule has 0 saturated carbocycles. The lowest BCUT2D eigenvalue weighted by atomic mass is 10.3. The van der Waals surface area contributed by atoms with Gasteiger partial charge in [0, 0.05) is 0 Å². The maximum atomic E-state index is 12.6. The van der Waals surface area contributed by atoms with E-state index < -0.39 is 22.6 Å². The van der Waals surface area contributed by atoms with Crippen molar-refractivity contribution in [2.75, 3.05) is 0 Å². The second-order valence-electron chi connectivity index (χ2n) is 1.85. The molecule has 0 fully saturated rings. The second-order valence-corrected chi connectivity index (χ2v) is 2.88. The van der Waals surface area contributed by atoms with E-state index in [0.29, 0.717) is 0 Å². The van der Waals surface area contributed by atoms with Gasteiger partial charge in [-0.3, -0.25) is 0 Å². The summed E-state index contributed by atoms with van der Waals surface area (Å²) in [6.07, 6.45) is 0. The molecule has 2 nitrogen and oxygen atoms in total. The fourth-order valence-corrected chi connectivity index (χ4v) is 1.13. The SMILES string of the molecule is NS(=O)c1cccc(F)c1F. The van der Waals surface area contributed by atoms with E-state index in [-0.39, 0.29) is 4.90 Å². The largest absolute Gasteiger partial charge is 0.247 e. The lowest BCUT2D eigenvalue weighted by molar-refractivity contribution is 0.489. The quantitative estimate of drug-likeness (QED) is 0.681. The molecule has 0 aliphatic heterocycles. The van der Waals surface area contributed by atoms with Crippen molar-refractivity contribution < 1.29 is 13.0 Å². The van der Waals surface area contributed by atoms with Gasteiger partial charge in [0.25, 0.3) is 0 Å². The normalized spacial score (nSPS) is 13.0. The van der Waals surface area contributed by atoms with E-state index in [9.17, 15) is 13.0 Å². The molecule has 5 heteroatoms. The molecule has 0 aromatic heterocycles. The molecule has 0 spiro atoms. The van der Waals surface area contributed by atoms with E-state index in [4.69, 9.17) is 5.14 Å². The molecule has 60 valence electrons. The number of hydrogen-bond acceptors (Lipinski definition) is 1. The van der Waals surface area contributed by atoms with E-state index in [2.05, 4.69) is 0 Å². The van der Waals surface area contributed by atoms with E-state index in [1.165, 1.54) is 12.1 Å².